The van der Waals surface area contributed by atoms with Gasteiger partial charge in [-0.25, -0.2) is 10.9 Å². The molecule has 2 heterocycles. The van der Waals surface area contributed by atoms with Gasteiger partial charge in [-0.3, -0.25) is 9.78 Å². The van der Waals surface area contributed by atoms with Gasteiger partial charge in [0.15, 0.2) is 0 Å². The molecule has 1 amide bonds. The Bertz CT molecular complexity index is 693. The van der Waals surface area contributed by atoms with E-state index < -0.39 is 0 Å². The Kier molecular flexibility index (Phi) is 5.98. The van der Waals surface area contributed by atoms with E-state index in [0.717, 1.165) is 29.8 Å². The molecule has 1 fully saturated rings. The third kappa shape index (κ3) is 4.55. The van der Waals surface area contributed by atoms with Crippen LogP contribution < -0.4 is 20.9 Å². The van der Waals surface area contributed by atoms with Gasteiger partial charge in [0.1, 0.15) is 11.8 Å². The quantitative estimate of drug-likeness (QED) is 0.670. The summed E-state index contributed by atoms with van der Waals surface area (Å²) in [6.45, 7) is 0.642. The summed E-state index contributed by atoms with van der Waals surface area (Å²) in [6.07, 6.45) is 4.20. The van der Waals surface area contributed by atoms with E-state index in [9.17, 15) is 4.79 Å². The van der Waals surface area contributed by atoms with Gasteiger partial charge in [0.25, 0.3) is 0 Å². The molecule has 2 atom stereocenters. The zero-order valence-corrected chi connectivity index (χ0v) is 14.4. The van der Waals surface area contributed by atoms with Gasteiger partial charge in [-0.2, -0.15) is 0 Å². The van der Waals surface area contributed by atoms with Gasteiger partial charge >= 0.3 is 0 Å². The highest BCUT2D eigenvalue weighted by molar-refractivity contribution is 5.82. The minimum Gasteiger partial charge on any atom is -0.496 e. The minimum atomic E-state index is -0.238. The molecular formula is C19H24N4O2. The predicted molar refractivity (Wildman–Crippen MR) is 96.0 cm³/mol. The Hall–Kier alpha value is -2.44. The topological polar surface area (TPSA) is 75.3 Å². The van der Waals surface area contributed by atoms with E-state index in [-0.39, 0.29) is 18.0 Å². The third-order valence-corrected chi connectivity index (χ3v) is 4.38. The number of ether oxygens (including phenoxy) is 1. The average molecular weight is 340 g/mol. The second kappa shape index (κ2) is 8.60. The zero-order valence-electron chi connectivity index (χ0n) is 14.4. The van der Waals surface area contributed by atoms with Crippen LogP contribution in [0, 0.1) is 0 Å². The first-order chi connectivity index (χ1) is 12.3. The van der Waals surface area contributed by atoms with Crippen LogP contribution in [0.15, 0.2) is 48.7 Å². The van der Waals surface area contributed by atoms with E-state index in [4.69, 9.17) is 4.74 Å². The highest BCUT2D eigenvalue weighted by Crippen LogP contribution is 2.20. The molecule has 3 N–H and O–H groups in total. The number of carbonyl (C=O) groups is 1. The molecule has 0 radical (unpaired) electrons. The van der Waals surface area contributed by atoms with Crippen molar-refractivity contribution in [3.63, 3.8) is 0 Å². The maximum atomic E-state index is 12.3. The molecule has 25 heavy (non-hydrogen) atoms. The van der Waals surface area contributed by atoms with Crippen molar-refractivity contribution >= 4 is 5.91 Å². The number of hydrogen-bond acceptors (Lipinski definition) is 5. The normalized spacial score (nSPS) is 19.6. The van der Waals surface area contributed by atoms with Crippen LogP contribution in [0.5, 0.6) is 5.75 Å². The van der Waals surface area contributed by atoms with Crippen molar-refractivity contribution in [2.75, 3.05) is 13.7 Å². The molecule has 132 valence electrons. The maximum Gasteiger partial charge on any atom is 0.238 e. The number of rotatable bonds is 7. The van der Waals surface area contributed by atoms with Crippen molar-refractivity contribution in [2.45, 2.75) is 31.3 Å². The van der Waals surface area contributed by atoms with Gasteiger partial charge in [0, 0.05) is 12.7 Å². The summed E-state index contributed by atoms with van der Waals surface area (Å²) in [5.41, 5.74) is 8.31. The SMILES string of the molecule is COc1ccccc1CCCNC(=O)C1CC(c2ccccn2)NN1. The predicted octanol–water partition coefficient (Wildman–Crippen LogP) is 1.75. The van der Waals surface area contributed by atoms with Crippen LogP contribution >= 0.6 is 0 Å². The van der Waals surface area contributed by atoms with Crippen molar-refractivity contribution in [3.05, 3.63) is 59.9 Å². The van der Waals surface area contributed by atoms with Crippen LogP contribution in [0.1, 0.15) is 30.1 Å². The summed E-state index contributed by atoms with van der Waals surface area (Å²) >= 11 is 0. The first-order valence-corrected chi connectivity index (χ1v) is 8.59. The molecule has 0 saturated carbocycles. The number of benzene rings is 1. The molecule has 1 aromatic carbocycles. The molecule has 0 spiro atoms. The fourth-order valence-corrected chi connectivity index (χ4v) is 3.03. The molecule has 2 aromatic rings. The van der Waals surface area contributed by atoms with Crippen LogP contribution in [0.25, 0.3) is 0 Å². The second-order valence-corrected chi connectivity index (χ2v) is 6.09. The number of pyridine rings is 1. The standard InChI is InChI=1S/C19H24N4O2/c1-25-18-10-3-2-7-14(18)8-6-12-21-19(24)17-13-16(22-23-17)15-9-4-5-11-20-15/h2-5,7,9-11,16-17,22-23H,6,8,12-13H2,1H3,(H,21,24). The van der Waals surface area contributed by atoms with Gasteiger partial charge < -0.3 is 10.1 Å². The van der Waals surface area contributed by atoms with E-state index in [1.807, 2.05) is 36.4 Å². The number of nitrogens with zero attached hydrogens (tertiary/aromatic N) is 1. The molecule has 0 bridgehead atoms. The minimum absolute atomic E-state index is 0.0194. The number of hydrazine groups is 1. The largest absolute Gasteiger partial charge is 0.496 e. The summed E-state index contributed by atoms with van der Waals surface area (Å²) < 4.78 is 5.35. The fourth-order valence-electron chi connectivity index (χ4n) is 3.03. The number of aromatic nitrogens is 1. The molecule has 1 saturated heterocycles. The lowest BCUT2D eigenvalue weighted by Crippen LogP contribution is -2.43. The van der Waals surface area contributed by atoms with Crippen molar-refractivity contribution in [1.82, 2.24) is 21.2 Å². The smallest absolute Gasteiger partial charge is 0.238 e. The van der Waals surface area contributed by atoms with Gasteiger partial charge in [0.2, 0.25) is 5.91 Å². The number of amides is 1. The number of carbonyl (C=O) groups excluding carboxylic acids is 1. The molecule has 6 nitrogen and oxygen atoms in total. The third-order valence-electron chi connectivity index (χ3n) is 4.38. The Balaban J connectivity index is 1.41. The van der Waals surface area contributed by atoms with E-state index >= 15 is 0 Å². The Morgan fingerprint density at radius 2 is 2.08 bits per heavy atom. The maximum absolute atomic E-state index is 12.3. The second-order valence-electron chi connectivity index (χ2n) is 6.09. The van der Waals surface area contributed by atoms with Crippen molar-refractivity contribution in [3.8, 4) is 5.75 Å². The molecule has 1 aliphatic rings. The molecule has 2 unspecified atom stereocenters. The lowest BCUT2D eigenvalue weighted by Gasteiger charge is -2.11. The van der Waals surface area contributed by atoms with Gasteiger partial charge in [-0.1, -0.05) is 24.3 Å². The van der Waals surface area contributed by atoms with Gasteiger partial charge in [0.05, 0.1) is 18.8 Å². The number of aryl methyl sites for hydroxylation is 1. The van der Waals surface area contributed by atoms with Gasteiger partial charge in [-0.05, 0) is 43.0 Å². The van der Waals surface area contributed by atoms with Crippen LogP contribution in [-0.4, -0.2) is 30.6 Å². The van der Waals surface area contributed by atoms with E-state index in [0.29, 0.717) is 13.0 Å². The molecule has 3 rings (SSSR count). The summed E-state index contributed by atoms with van der Waals surface area (Å²) in [7, 11) is 1.68. The lowest BCUT2D eigenvalue weighted by molar-refractivity contribution is -0.122. The first-order valence-electron chi connectivity index (χ1n) is 8.59. The van der Waals surface area contributed by atoms with Crippen LogP contribution in [-0.2, 0) is 11.2 Å². The molecular weight excluding hydrogens is 316 g/mol. The molecule has 0 aliphatic carbocycles. The molecule has 1 aromatic heterocycles. The van der Waals surface area contributed by atoms with Crippen LogP contribution in [0.4, 0.5) is 0 Å². The zero-order chi connectivity index (χ0) is 17.5. The summed E-state index contributed by atoms with van der Waals surface area (Å²) in [5, 5.41) is 3.00. The molecule has 1 aliphatic heterocycles. The summed E-state index contributed by atoms with van der Waals surface area (Å²) in [6, 6.07) is 13.6. The average Bonchev–Trinajstić information content (AvgIpc) is 3.16. The van der Waals surface area contributed by atoms with Crippen molar-refractivity contribution < 1.29 is 9.53 Å². The van der Waals surface area contributed by atoms with Crippen molar-refractivity contribution in [1.29, 1.82) is 0 Å². The fraction of sp³-hybridized carbons (Fsp3) is 0.368. The van der Waals surface area contributed by atoms with E-state index in [1.165, 1.54) is 0 Å². The van der Waals surface area contributed by atoms with E-state index in [1.54, 1.807) is 13.3 Å². The summed E-state index contributed by atoms with van der Waals surface area (Å²) in [5.74, 6) is 0.916. The van der Waals surface area contributed by atoms with E-state index in [2.05, 4.69) is 27.2 Å². The Morgan fingerprint density at radius 1 is 1.24 bits per heavy atom. The van der Waals surface area contributed by atoms with Crippen molar-refractivity contribution in [2.24, 2.45) is 0 Å². The van der Waals surface area contributed by atoms with Crippen LogP contribution in [0.2, 0.25) is 0 Å². The first kappa shape index (κ1) is 17.4. The Labute approximate surface area is 148 Å². The monoisotopic (exact) mass is 340 g/mol. The number of hydrogen-bond donors (Lipinski definition) is 3. The number of nitrogens with one attached hydrogen (secondary N) is 3. The number of para-hydroxylation sites is 1. The highest BCUT2D eigenvalue weighted by Gasteiger charge is 2.30. The Morgan fingerprint density at radius 3 is 2.88 bits per heavy atom. The van der Waals surface area contributed by atoms with Gasteiger partial charge in [-0.15, -0.1) is 0 Å². The summed E-state index contributed by atoms with van der Waals surface area (Å²) in [4.78, 5) is 16.6. The lowest BCUT2D eigenvalue weighted by atomic mass is 10.1. The highest BCUT2D eigenvalue weighted by atomic mass is 16.5. The molecule has 6 heteroatoms. The number of methoxy groups -OCH3 is 1. The van der Waals surface area contributed by atoms with Crippen LogP contribution in [0.3, 0.4) is 0 Å².